The summed E-state index contributed by atoms with van der Waals surface area (Å²) in [5.74, 6) is 0.0363. The van der Waals surface area contributed by atoms with Crippen LogP contribution >= 0.6 is 15.9 Å². The van der Waals surface area contributed by atoms with Gasteiger partial charge >= 0.3 is 0 Å². The molecule has 1 saturated heterocycles. The van der Waals surface area contributed by atoms with Gasteiger partial charge in [-0.2, -0.15) is 0 Å². The molecule has 0 aliphatic carbocycles. The van der Waals surface area contributed by atoms with Crippen molar-refractivity contribution in [3.8, 4) is 0 Å². The van der Waals surface area contributed by atoms with Crippen LogP contribution in [0.5, 0.6) is 0 Å². The lowest BCUT2D eigenvalue weighted by molar-refractivity contribution is 0.0742. The summed E-state index contributed by atoms with van der Waals surface area (Å²) in [6.45, 7) is 4.88. The number of halogens is 1. The predicted molar refractivity (Wildman–Crippen MR) is 123 cm³/mol. The number of benzene rings is 2. The Bertz CT molecular complexity index is 1330. The van der Waals surface area contributed by atoms with E-state index in [1.165, 1.54) is 0 Å². The van der Waals surface area contributed by atoms with Gasteiger partial charge in [-0.3, -0.25) is 9.59 Å². The monoisotopic (exact) mass is 464 g/mol. The fourth-order valence-corrected chi connectivity index (χ4v) is 4.55. The number of piperazine rings is 1. The molecule has 152 valence electrons. The molecule has 7 heteroatoms. The number of pyridine rings is 1. The average Bonchev–Trinajstić information content (AvgIpc) is 3.17. The van der Waals surface area contributed by atoms with Crippen LogP contribution in [-0.2, 0) is 0 Å². The molecule has 2 N–H and O–H groups in total. The molecule has 0 radical (unpaired) electrons. The molecule has 4 aromatic rings. The Balaban J connectivity index is 1.33. The van der Waals surface area contributed by atoms with Gasteiger partial charge in [0.2, 0.25) is 5.56 Å². The van der Waals surface area contributed by atoms with E-state index in [-0.39, 0.29) is 11.5 Å². The van der Waals surface area contributed by atoms with Crippen LogP contribution in [0.25, 0.3) is 21.8 Å². The first-order valence-electron chi connectivity index (χ1n) is 9.94. The molecule has 0 bridgehead atoms. The predicted octanol–water partition coefficient (Wildman–Crippen LogP) is 4.04. The molecule has 0 saturated carbocycles. The van der Waals surface area contributed by atoms with Gasteiger partial charge in [-0.25, -0.2) is 0 Å². The maximum Gasteiger partial charge on any atom is 0.270 e. The van der Waals surface area contributed by atoms with Crippen molar-refractivity contribution < 1.29 is 4.79 Å². The number of aryl methyl sites for hydroxylation is 1. The fraction of sp³-hybridized carbons (Fsp3) is 0.217. The van der Waals surface area contributed by atoms with Crippen LogP contribution in [0.2, 0.25) is 0 Å². The molecule has 30 heavy (non-hydrogen) atoms. The Morgan fingerprint density at radius 2 is 1.73 bits per heavy atom. The van der Waals surface area contributed by atoms with Gasteiger partial charge in [-0.05, 0) is 55.0 Å². The van der Waals surface area contributed by atoms with Crippen LogP contribution in [0.1, 0.15) is 16.1 Å². The van der Waals surface area contributed by atoms with E-state index < -0.39 is 0 Å². The van der Waals surface area contributed by atoms with Gasteiger partial charge in [0.15, 0.2) is 0 Å². The summed E-state index contributed by atoms with van der Waals surface area (Å²) in [7, 11) is 0. The van der Waals surface area contributed by atoms with Crippen molar-refractivity contribution in [2.24, 2.45) is 0 Å². The Kier molecular flexibility index (Phi) is 4.62. The highest BCUT2D eigenvalue weighted by Gasteiger charge is 2.24. The van der Waals surface area contributed by atoms with Crippen molar-refractivity contribution in [1.29, 1.82) is 0 Å². The normalized spacial score (nSPS) is 14.6. The summed E-state index contributed by atoms with van der Waals surface area (Å²) in [5.41, 5.74) is 4.55. The van der Waals surface area contributed by atoms with Crippen LogP contribution in [0.15, 0.2) is 57.8 Å². The standard InChI is InChI=1S/C23H21BrN4O2/c1-14-10-18(12-15-2-5-21(29)26-22(14)15)27-6-8-28(9-7-27)23(30)20-13-16-11-17(24)3-4-19(16)25-20/h2-5,10-13,25H,6-9H2,1H3,(H,26,29). The number of anilines is 1. The Morgan fingerprint density at radius 1 is 0.933 bits per heavy atom. The van der Waals surface area contributed by atoms with E-state index in [9.17, 15) is 9.59 Å². The maximum absolute atomic E-state index is 13.0. The number of nitrogens with zero attached hydrogens (tertiary/aromatic N) is 2. The molecule has 0 atom stereocenters. The van der Waals surface area contributed by atoms with Crippen molar-refractivity contribution in [2.45, 2.75) is 6.92 Å². The number of carbonyl (C=O) groups excluding carboxylic acids is 1. The first-order chi connectivity index (χ1) is 14.5. The number of hydrogen-bond donors (Lipinski definition) is 2. The van der Waals surface area contributed by atoms with Gasteiger partial charge in [-0.15, -0.1) is 0 Å². The van der Waals surface area contributed by atoms with Crippen LogP contribution in [0, 0.1) is 6.92 Å². The molecule has 1 amide bonds. The van der Waals surface area contributed by atoms with Gasteiger partial charge in [0.05, 0.1) is 5.52 Å². The number of nitrogens with one attached hydrogen (secondary N) is 2. The van der Waals surface area contributed by atoms with E-state index in [4.69, 9.17) is 0 Å². The molecule has 5 rings (SSSR count). The minimum atomic E-state index is -0.0881. The van der Waals surface area contributed by atoms with Crippen molar-refractivity contribution in [1.82, 2.24) is 14.9 Å². The number of aromatic nitrogens is 2. The highest BCUT2D eigenvalue weighted by molar-refractivity contribution is 9.10. The molecular weight excluding hydrogens is 444 g/mol. The third-order valence-corrected chi connectivity index (χ3v) is 6.25. The van der Waals surface area contributed by atoms with Crippen LogP contribution in [0.3, 0.4) is 0 Å². The van der Waals surface area contributed by atoms with E-state index in [2.05, 4.69) is 42.9 Å². The molecule has 0 unspecified atom stereocenters. The zero-order valence-electron chi connectivity index (χ0n) is 16.5. The highest BCUT2D eigenvalue weighted by atomic mass is 79.9. The second kappa shape index (κ2) is 7.32. The zero-order valence-corrected chi connectivity index (χ0v) is 18.1. The molecular formula is C23H21BrN4O2. The van der Waals surface area contributed by atoms with E-state index in [1.54, 1.807) is 6.07 Å². The van der Waals surface area contributed by atoms with Crippen molar-refractivity contribution >= 4 is 49.3 Å². The number of amides is 1. The SMILES string of the molecule is Cc1cc(N2CCN(C(=O)c3cc4cc(Br)ccc4[nH]3)CC2)cc2ccc(=O)[nH]c12. The zero-order chi connectivity index (χ0) is 20.8. The lowest BCUT2D eigenvalue weighted by atomic mass is 10.1. The number of aromatic amines is 2. The van der Waals surface area contributed by atoms with Crippen LogP contribution in [-0.4, -0.2) is 47.0 Å². The third kappa shape index (κ3) is 3.39. The molecule has 2 aromatic heterocycles. The summed E-state index contributed by atoms with van der Waals surface area (Å²) < 4.78 is 0.997. The minimum Gasteiger partial charge on any atom is -0.368 e. The van der Waals surface area contributed by atoms with E-state index >= 15 is 0 Å². The van der Waals surface area contributed by atoms with Gasteiger partial charge in [-0.1, -0.05) is 15.9 Å². The summed E-state index contributed by atoms with van der Waals surface area (Å²) in [4.78, 5) is 34.9. The Hall–Kier alpha value is -3.06. The van der Waals surface area contributed by atoms with Crippen molar-refractivity contribution in [3.05, 3.63) is 74.6 Å². The minimum absolute atomic E-state index is 0.0363. The second-order valence-electron chi connectivity index (χ2n) is 7.74. The molecule has 3 heterocycles. The topological polar surface area (TPSA) is 72.2 Å². The van der Waals surface area contributed by atoms with Gasteiger partial charge in [0, 0.05) is 58.7 Å². The highest BCUT2D eigenvalue weighted by Crippen LogP contribution is 2.26. The van der Waals surface area contributed by atoms with E-state index in [0.29, 0.717) is 18.8 Å². The molecule has 0 spiro atoms. The van der Waals surface area contributed by atoms with E-state index in [1.807, 2.05) is 42.2 Å². The van der Waals surface area contributed by atoms with Crippen LogP contribution < -0.4 is 10.5 Å². The molecule has 1 aliphatic heterocycles. The number of carbonyl (C=O) groups is 1. The third-order valence-electron chi connectivity index (χ3n) is 5.76. The Morgan fingerprint density at radius 3 is 2.53 bits per heavy atom. The quantitative estimate of drug-likeness (QED) is 0.470. The van der Waals surface area contributed by atoms with Gasteiger partial charge in [0.25, 0.3) is 5.91 Å². The Labute approximate surface area is 181 Å². The van der Waals surface area contributed by atoms with Gasteiger partial charge < -0.3 is 19.8 Å². The van der Waals surface area contributed by atoms with Crippen LogP contribution in [0.4, 0.5) is 5.69 Å². The van der Waals surface area contributed by atoms with E-state index in [0.717, 1.165) is 50.6 Å². The smallest absolute Gasteiger partial charge is 0.270 e. The number of H-pyrrole nitrogens is 2. The molecule has 1 fully saturated rings. The fourth-order valence-electron chi connectivity index (χ4n) is 4.17. The first kappa shape index (κ1) is 18.9. The average molecular weight is 465 g/mol. The summed E-state index contributed by atoms with van der Waals surface area (Å²) >= 11 is 3.48. The lowest BCUT2D eigenvalue weighted by Gasteiger charge is -2.36. The van der Waals surface area contributed by atoms with Crippen molar-refractivity contribution in [2.75, 3.05) is 31.1 Å². The second-order valence-corrected chi connectivity index (χ2v) is 8.66. The largest absolute Gasteiger partial charge is 0.368 e. The summed E-state index contributed by atoms with van der Waals surface area (Å²) in [5, 5.41) is 2.04. The first-order valence-corrected chi connectivity index (χ1v) is 10.7. The summed E-state index contributed by atoms with van der Waals surface area (Å²) in [6, 6.07) is 15.5. The molecule has 1 aliphatic rings. The maximum atomic E-state index is 13.0. The molecule has 2 aromatic carbocycles. The van der Waals surface area contributed by atoms with Crippen molar-refractivity contribution in [3.63, 3.8) is 0 Å². The summed E-state index contributed by atoms with van der Waals surface area (Å²) in [6.07, 6.45) is 0. The van der Waals surface area contributed by atoms with Gasteiger partial charge in [0.1, 0.15) is 5.69 Å². The number of rotatable bonds is 2. The number of fused-ring (bicyclic) bond motifs is 2. The number of hydrogen-bond acceptors (Lipinski definition) is 3. The molecule has 6 nitrogen and oxygen atoms in total. The lowest BCUT2D eigenvalue weighted by Crippen LogP contribution is -2.48.